The fraction of sp³-hybridized carbons (Fsp3) is 0.593. The summed E-state index contributed by atoms with van der Waals surface area (Å²) in [5.41, 5.74) is 1.16. The van der Waals surface area contributed by atoms with Crippen LogP contribution in [0.3, 0.4) is 0 Å². The van der Waals surface area contributed by atoms with E-state index < -0.39 is 0 Å². The van der Waals surface area contributed by atoms with E-state index in [4.69, 9.17) is 0 Å². The molecule has 1 saturated carbocycles. The van der Waals surface area contributed by atoms with Crippen molar-refractivity contribution >= 4 is 0 Å². The highest BCUT2D eigenvalue weighted by atomic mass is 14.6. The van der Waals surface area contributed by atoms with Crippen LogP contribution < -0.4 is 0 Å². The summed E-state index contributed by atoms with van der Waals surface area (Å²) in [5.74, 6) is 21.0. The first kappa shape index (κ1) is 25.8. The number of pyridine rings is 1. The molecule has 152 valence electrons. The van der Waals surface area contributed by atoms with Gasteiger partial charge in [0.05, 0.1) is 0 Å². The molecule has 1 aromatic rings. The van der Waals surface area contributed by atoms with E-state index in [0.717, 1.165) is 11.5 Å². The highest BCUT2D eigenvalue weighted by Crippen LogP contribution is 2.27. The minimum atomic E-state index is 0.171. The van der Waals surface area contributed by atoms with Crippen LogP contribution >= 0.6 is 0 Å². The van der Waals surface area contributed by atoms with Crippen molar-refractivity contribution in [1.29, 1.82) is 0 Å². The van der Waals surface area contributed by atoms with Crippen LogP contribution in [0, 0.1) is 64.6 Å². The lowest BCUT2D eigenvalue weighted by Crippen LogP contribution is -1.99. The predicted octanol–water partition coefficient (Wildman–Crippen LogP) is 6.84. The Kier molecular flexibility index (Phi) is 12.8. The second kappa shape index (κ2) is 13.9. The Morgan fingerprint density at radius 2 is 1.46 bits per heavy atom. The molecule has 0 aliphatic heterocycles. The molecule has 1 aromatic heterocycles. The predicted molar refractivity (Wildman–Crippen MR) is 123 cm³/mol. The van der Waals surface area contributed by atoms with Crippen molar-refractivity contribution in [2.75, 3.05) is 0 Å². The smallest absolute Gasteiger partial charge is 0.0428 e. The van der Waals surface area contributed by atoms with Gasteiger partial charge in [0.2, 0.25) is 0 Å². The maximum atomic E-state index is 3.96. The second-order valence-electron chi connectivity index (χ2n) is 9.06. The van der Waals surface area contributed by atoms with Gasteiger partial charge in [-0.2, -0.15) is 0 Å². The Balaban J connectivity index is 0.000000396. The lowest BCUT2D eigenvalue weighted by atomic mass is 9.97. The average Bonchev–Trinajstić information content (AvgIpc) is 3.42. The van der Waals surface area contributed by atoms with Crippen LogP contribution in [0.25, 0.3) is 0 Å². The number of nitrogens with zero attached hydrogens (tertiary/aromatic N) is 1. The molecular formula is C27H39N. The van der Waals surface area contributed by atoms with Gasteiger partial charge in [-0.3, -0.25) is 4.98 Å². The fourth-order valence-electron chi connectivity index (χ4n) is 1.54. The normalized spacial score (nSPS) is 12.1. The minimum absolute atomic E-state index is 0.171. The van der Waals surface area contributed by atoms with Crippen molar-refractivity contribution in [1.82, 2.24) is 4.98 Å². The van der Waals surface area contributed by atoms with Crippen LogP contribution in [-0.4, -0.2) is 4.98 Å². The minimum Gasteiger partial charge on any atom is -0.263 e. The largest absolute Gasteiger partial charge is 0.263 e. The maximum Gasteiger partial charge on any atom is 0.0428 e. The first-order chi connectivity index (χ1) is 13.0. The van der Waals surface area contributed by atoms with E-state index in [1.807, 2.05) is 12.1 Å². The zero-order valence-electron chi connectivity index (χ0n) is 19.5. The summed E-state index contributed by atoms with van der Waals surface area (Å²) in [4.78, 5) is 3.96. The number of aromatic nitrogens is 1. The standard InChI is InChI=1S/C10H11N.C9H16.C8H12/c1-9(2)5-6-10-4-3-7-11-8-10;1-8(2)6-7-9(3,4)5;1-7(2)3-4-8-5-6-8/h3-4,7-9H,1-2H3;8H,1-5H3;7-8H,5-6H2,1-2H3. The van der Waals surface area contributed by atoms with Gasteiger partial charge in [0.25, 0.3) is 0 Å². The third-order valence-electron chi connectivity index (χ3n) is 3.06. The average molecular weight is 378 g/mol. The van der Waals surface area contributed by atoms with E-state index in [1.54, 1.807) is 12.4 Å². The lowest BCUT2D eigenvalue weighted by molar-refractivity contribution is 0.568. The lowest BCUT2D eigenvalue weighted by Gasteiger charge is -2.07. The molecule has 0 saturated heterocycles. The molecule has 2 rings (SSSR count). The van der Waals surface area contributed by atoms with Crippen molar-refractivity contribution in [2.24, 2.45) is 29.1 Å². The van der Waals surface area contributed by atoms with E-state index in [0.29, 0.717) is 17.8 Å². The molecule has 0 radical (unpaired) electrons. The molecule has 1 heteroatoms. The fourth-order valence-corrected chi connectivity index (χ4v) is 1.54. The Morgan fingerprint density at radius 1 is 0.893 bits per heavy atom. The Bertz CT molecular complexity index is 703. The molecule has 1 heterocycles. The molecule has 1 aliphatic rings. The van der Waals surface area contributed by atoms with Crippen LogP contribution in [0.15, 0.2) is 24.5 Å². The molecule has 28 heavy (non-hydrogen) atoms. The van der Waals surface area contributed by atoms with Gasteiger partial charge in [-0.05, 0) is 45.7 Å². The van der Waals surface area contributed by atoms with Gasteiger partial charge in [0.15, 0.2) is 0 Å². The molecule has 0 N–H and O–H groups in total. The molecule has 1 nitrogen and oxygen atoms in total. The van der Waals surface area contributed by atoms with Crippen molar-refractivity contribution in [2.45, 2.75) is 75.2 Å². The van der Waals surface area contributed by atoms with E-state index in [1.165, 1.54) is 12.8 Å². The highest BCUT2D eigenvalue weighted by Gasteiger charge is 2.17. The zero-order valence-corrected chi connectivity index (χ0v) is 19.5. The van der Waals surface area contributed by atoms with Gasteiger partial charge in [0, 0.05) is 47.0 Å². The van der Waals surface area contributed by atoms with Crippen molar-refractivity contribution in [3.8, 4) is 35.5 Å². The summed E-state index contributed by atoms with van der Waals surface area (Å²) in [6, 6.07) is 3.85. The molecule has 0 aromatic carbocycles. The Labute approximate surface area is 175 Å². The number of hydrogen-bond acceptors (Lipinski definition) is 1. The van der Waals surface area contributed by atoms with Crippen LogP contribution in [0.2, 0.25) is 0 Å². The van der Waals surface area contributed by atoms with E-state index >= 15 is 0 Å². The summed E-state index contributed by atoms with van der Waals surface area (Å²) in [7, 11) is 0. The molecule has 0 amide bonds. The highest BCUT2D eigenvalue weighted by molar-refractivity contribution is 5.31. The molecular weight excluding hydrogens is 338 g/mol. The SMILES string of the molecule is CC(C)C#CC(C)(C)C.CC(C)C#CC1CC1.CC(C)C#Cc1cccnc1. The van der Waals surface area contributed by atoms with Crippen LogP contribution in [0.1, 0.15) is 80.7 Å². The first-order valence-corrected chi connectivity index (χ1v) is 10.4. The van der Waals surface area contributed by atoms with Gasteiger partial charge >= 0.3 is 0 Å². The molecule has 0 atom stereocenters. The third kappa shape index (κ3) is 20.1. The first-order valence-electron chi connectivity index (χ1n) is 10.4. The molecule has 1 aliphatic carbocycles. The van der Waals surface area contributed by atoms with Crippen LogP contribution in [0.5, 0.6) is 0 Å². The number of hydrogen-bond donors (Lipinski definition) is 0. The van der Waals surface area contributed by atoms with Crippen LogP contribution in [0.4, 0.5) is 0 Å². The molecule has 0 bridgehead atoms. The summed E-state index contributed by atoms with van der Waals surface area (Å²) in [5, 5.41) is 0. The Morgan fingerprint density at radius 3 is 1.82 bits per heavy atom. The third-order valence-corrected chi connectivity index (χ3v) is 3.06. The molecule has 0 unspecified atom stereocenters. The van der Waals surface area contributed by atoms with Gasteiger partial charge in [0.1, 0.15) is 0 Å². The van der Waals surface area contributed by atoms with Crippen LogP contribution in [-0.2, 0) is 0 Å². The van der Waals surface area contributed by atoms with Gasteiger partial charge in [-0.15, -0.1) is 5.92 Å². The van der Waals surface area contributed by atoms with Crippen molar-refractivity contribution < 1.29 is 0 Å². The topological polar surface area (TPSA) is 12.9 Å². The summed E-state index contributed by atoms with van der Waals surface area (Å²) in [6.45, 7) is 19.0. The maximum absolute atomic E-state index is 3.96. The quantitative estimate of drug-likeness (QED) is 0.451. The van der Waals surface area contributed by atoms with E-state index in [2.05, 4.69) is 103 Å². The van der Waals surface area contributed by atoms with Gasteiger partial charge < -0.3 is 0 Å². The van der Waals surface area contributed by atoms with E-state index in [9.17, 15) is 0 Å². The zero-order chi connectivity index (χ0) is 21.6. The van der Waals surface area contributed by atoms with Crippen molar-refractivity contribution in [3.63, 3.8) is 0 Å². The van der Waals surface area contributed by atoms with Gasteiger partial charge in [-0.1, -0.05) is 71.1 Å². The monoisotopic (exact) mass is 377 g/mol. The van der Waals surface area contributed by atoms with Crippen molar-refractivity contribution in [3.05, 3.63) is 30.1 Å². The second-order valence-corrected chi connectivity index (χ2v) is 9.06. The summed E-state index contributed by atoms with van der Waals surface area (Å²) in [6.07, 6.45) is 6.22. The molecule has 0 spiro atoms. The summed E-state index contributed by atoms with van der Waals surface area (Å²) < 4.78 is 0. The Hall–Kier alpha value is -2.17. The summed E-state index contributed by atoms with van der Waals surface area (Å²) >= 11 is 0. The van der Waals surface area contributed by atoms with E-state index in [-0.39, 0.29) is 5.41 Å². The number of rotatable bonds is 0. The van der Waals surface area contributed by atoms with Gasteiger partial charge in [-0.25, -0.2) is 0 Å². The molecule has 1 fully saturated rings.